The number of aryl methyl sites for hydroxylation is 2. The summed E-state index contributed by atoms with van der Waals surface area (Å²) in [7, 11) is 0. The van der Waals surface area contributed by atoms with Crippen molar-refractivity contribution >= 4 is 27.7 Å². The summed E-state index contributed by atoms with van der Waals surface area (Å²) in [5.74, 6) is 0.700. The largest absolute Gasteiger partial charge is 0.302 e. The summed E-state index contributed by atoms with van der Waals surface area (Å²) >= 11 is 1.97. The van der Waals surface area contributed by atoms with Gasteiger partial charge >= 0.3 is 0 Å². The Hall–Kier alpha value is -2.06. The molecule has 29 heavy (non-hydrogen) atoms. The molecule has 0 N–H and O–H groups in total. The van der Waals surface area contributed by atoms with Crippen molar-refractivity contribution in [3.05, 3.63) is 76.7 Å². The fourth-order valence-corrected chi connectivity index (χ4v) is 5.02. The third kappa shape index (κ3) is 5.73. The topological polar surface area (TPSA) is 3.24 Å². The number of hydrogen-bond acceptors (Lipinski definition) is 2. The van der Waals surface area contributed by atoms with E-state index in [1.165, 1.54) is 66.0 Å². The summed E-state index contributed by atoms with van der Waals surface area (Å²) in [5.41, 5.74) is 5.05. The van der Waals surface area contributed by atoms with E-state index >= 15 is 0 Å². The number of unbranched alkanes of at least 4 members (excludes halogenated alkanes) is 2. The molecule has 0 fully saturated rings. The molecular formula is C27H35NS. The standard InChI is InChI=1S/C27H35NS/c1-5-7-9-23(10-8-6-2)26-19-20-27(29-26)28(24-15-11-21(3)12-16-24)25-17-13-22(4)14-18-25/h11-20,23H,5-10H2,1-4H3. The quantitative estimate of drug-likeness (QED) is 0.325. The third-order valence-corrected chi connectivity index (χ3v) is 6.86. The van der Waals surface area contributed by atoms with E-state index in [2.05, 4.69) is 93.3 Å². The van der Waals surface area contributed by atoms with Crippen LogP contribution in [0.3, 0.4) is 0 Å². The minimum absolute atomic E-state index is 0.700. The first kappa shape index (κ1) is 21.6. The molecule has 0 aliphatic carbocycles. The number of benzene rings is 2. The van der Waals surface area contributed by atoms with Crippen LogP contribution in [0.5, 0.6) is 0 Å². The second-order valence-corrected chi connectivity index (χ2v) is 9.26. The molecule has 0 saturated heterocycles. The summed E-state index contributed by atoms with van der Waals surface area (Å²) < 4.78 is 0. The van der Waals surface area contributed by atoms with Gasteiger partial charge in [0.2, 0.25) is 0 Å². The maximum absolute atomic E-state index is 2.41. The molecule has 0 bridgehead atoms. The lowest BCUT2D eigenvalue weighted by atomic mass is 9.94. The highest BCUT2D eigenvalue weighted by atomic mass is 32.1. The SMILES string of the molecule is CCCCC(CCCC)c1ccc(N(c2ccc(C)cc2)c2ccc(C)cc2)s1. The normalized spacial score (nSPS) is 11.2. The number of thiophene rings is 1. The van der Waals surface area contributed by atoms with E-state index in [0.717, 1.165) is 0 Å². The molecule has 0 unspecified atom stereocenters. The van der Waals surface area contributed by atoms with Crippen LogP contribution in [0.15, 0.2) is 60.7 Å². The molecule has 0 saturated carbocycles. The van der Waals surface area contributed by atoms with Crippen molar-refractivity contribution in [2.75, 3.05) is 4.90 Å². The van der Waals surface area contributed by atoms with Crippen molar-refractivity contribution in [1.29, 1.82) is 0 Å². The van der Waals surface area contributed by atoms with Gasteiger partial charge in [0.05, 0.1) is 0 Å². The lowest BCUT2D eigenvalue weighted by Gasteiger charge is -2.24. The van der Waals surface area contributed by atoms with Crippen LogP contribution in [0.4, 0.5) is 16.4 Å². The highest BCUT2D eigenvalue weighted by molar-refractivity contribution is 7.16. The summed E-state index contributed by atoms with van der Waals surface area (Å²) in [6.45, 7) is 8.89. The van der Waals surface area contributed by atoms with Gasteiger partial charge in [0.25, 0.3) is 0 Å². The zero-order valence-corrected chi connectivity index (χ0v) is 19.3. The molecule has 2 heteroatoms. The zero-order valence-electron chi connectivity index (χ0n) is 18.4. The first-order chi connectivity index (χ1) is 14.1. The first-order valence-electron chi connectivity index (χ1n) is 11.2. The third-order valence-electron chi connectivity index (χ3n) is 5.63. The Kier molecular flexibility index (Phi) is 7.94. The Morgan fingerprint density at radius 3 is 1.62 bits per heavy atom. The van der Waals surface area contributed by atoms with E-state index in [1.54, 1.807) is 4.88 Å². The average Bonchev–Trinajstić information content (AvgIpc) is 3.21. The molecule has 0 aliphatic heterocycles. The molecule has 0 radical (unpaired) electrons. The van der Waals surface area contributed by atoms with Gasteiger partial charge in [0.1, 0.15) is 5.00 Å². The molecule has 1 nitrogen and oxygen atoms in total. The summed E-state index contributed by atoms with van der Waals surface area (Å²) in [5, 5.41) is 1.31. The zero-order chi connectivity index (χ0) is 20.6. The van der Waals surface area contributed by atoms with Gasteiger partial charge < -0.3 is 4.90 Å². The monoisotopic (exact) mass is 405 g/mol. The van der Waals surface area contributed by atoms with Gasteiger partial charge in [-0.3, -0.25) is 0 Å². The van der Waals surface area contributed by atoms with Crippen LogP contribution in [-0.4, -0.2) is 0 Å². The molecule has 3 aromatic rings. The maximum atomic E-state index is 2.41. The summed E-state index contributed by atoms with van der Waals surface area (Å²) in [6.07, 6.45) is 7.82. The van der Waals surface area contributed by atoms with Crippen LogP contribution in [0.25, 0.3) is 0 Å². The number of rotatable bonds is 10. The predicted octanol–water partition coefficient (Wildman–Crippen LogP) is 9.30. The van der Waals surface area contributed by atoms with Gasteiger partial charge in [0.15, 0.2) is 0 Å². The molecule has 1 heterocycles. The second-order valence-electron chi connectivity index (χ2n) is 8.16. The Labute approximate surface area is 181 Å². The van der Waals surface area contributed by atoms with E-state index in [-0.39, 0.29) is 0 Å². The van der Waals surface area contributed by atoms with Crippen LogP contribution < -0.4 is 4.90 Å². The number of nitrogens with zero attached hydrogens (tertiary/aromatic N) is 1. The van der Waals surface area contributed by atoms with Gasteiger partial charge in [-0.15, -0.1) is 11.3 Å². The molecule has 0 aliphatic rings. The van der Waals surface area contributed by atoms with E-state index in [0.29, 0.717) is 5.92 Å². The van der Waals surface area contributed by atoms with Crippen molar-refractivity contribution in [2.45, 2.75) is 72.1 Å². The average molecular weight is 406 g/mol. The molecule has 0 amide bonds. The van der Waals surface area contributed by atoms with E-state index < -0.39 is 0 Å². The predicted molar refractivity (Wildman–Crippen MR) is 130 cm³/mol. The van der Waals surface area contributed by atoms with Crippen molar-refractivity contribution in [2.24, 2.45) is 0 Å². The van der Waals surface area contributed by atoms with Crippen LogP contribution in [0.1, 0.15) is 74.3 Å². The lowest BCUT2D eigenvalue weighted by molar-refractivity contribution is 0.531. The molecule has 154 valence electrons. The van der Waals surface area contributed by atoms with Crippen molar-refractivity contribution in [3.63, 3.8) is 0 Å². The lowest BCUT2D eigenvalue weighted by Crippen LogP contribution is -2.08. The van der Waals surface area contributed by atoms with Crippen molar-refractivity contribution in [1.82, 2.24) is 0 Å². The molecule has 2 aromatic carbocycles. The van der Waals surface area contributed by atoms with Gasteiger partial charge in [-0.05, 0) is 69.0 Å². The summed E-state index contributed by atoms with van der Waals surface area (Å²) in [4.78, 5) is 3.95. The molecule has 3 rings (SSSR count). The van der Waals surface area contributed by atoms with E-state index in [4.69, 9.17) is 0 Å². The Morgan fingerprint density at radius 1 is 0.690 bits per heavy atom. The van der Waals surface area contributed by atoms with Crippen molar-refractivity contribution in [3.8, 4) is 0 Å². The fourth-order valence-electron chi connectivity index (χ4n) is 3.80. The Balaban J connectivity index is 1.95. The van der Waals surface area contributed by atoms with Gasteiger partial charge in [-0.25, -0.2) is 0 Å². The molecular weight excluding hydrogens is 370 g/mol. The molecule has 0 atom stereocenters. The first-order valence-corrected chi connectivity index (χ1v) is 12.0. The Morgan fingerprint density at radius 2 is 1.17 bits per heavy atom. The van der Waals surface area contributed by atoms with Gasteiger partial charge in [-0.2, -0.15) is 0 Å². The van der Waals surface area contributed by atoms with E-state index in [9.17, 15) is 0 Å². The second kappa shape index (κ2) is 10.6. The van der Waals surface area contributed by atoms with E-state index in [1.807, 2.05) is 11.3 Å². The number of hydrogen-bond donors (Lipinski definition) is 0. The molecule has 1 aromatic heterocycles. The minimum Gasteiger partial charge on any atom is -0.302 e. The van der Waals surface area contributed by atoms with Crippen molar-refractivity contribution < 1.29 is 0 Å². The summed E-state index contributed by atoms with van der Waals surface area (Å²) in [6, 6.07) is 22.5. The fraction of sp³-hybridized carbons (Fsp3) is 0.407. The molecule has 0 spiro atoms. The maximum Gasteiger partial charge on any atom is 0.100 e. The Bertz CT molecular complexity index is 807. The smallest absolute Gasteiger partial charge is 0.100 e. The minimum atomic E-state index is 0.700. The van der Waals surface area contributed by atoms with Crippen LogP contribution in [0, 0.1) is 13.8 Å². The van der Waals surface area contributed by atoms with Crippen LogP contribution >= 0.6 is 11.3 Å². The van der Waals surface area contributed by atoms with Crippen LogP contribution in [0.2, 0.25) is 0 Å². The highest BCUT2D eigenvalue weighted by Gasteiger charge is 2.18. The highest BCUT2D eigenvalue weighted by Crippen LogP contribution is 2.42. The van der Waals surface area contributed by atoms with Gasteiger partial charge in [0, 0.05) is 16.3 Å². The van der Waals surface area contributed by atoms with Crippen LogP contribution in [-0.2, 0) is 0 Å². The number of anilines is 3. The van der Waals surface area contributed by atoms with Gasteiger partial charge in [-0.1, -0.05) is 74.9 Å².